The minimum absolute atomic E-state index is 0.141. The quantitative estimate of drug-likeness (QED) is 0.435. The molecule has 1 amide bonds. The van der Waals surface area contributed by atoms with Gasteiger partial charge in [-0.3, -0.25) is 14.9 Å². The van der Waals surface area contributed by atoms with Gasteiger partial charge in [0.15, 0.2) is 0 Å². The average molecular weight is 267 g/mol. The molecule has 1 aromatic rings. The number of rotatable bonds is 7. The standard InChI is InChI=1S/C12H17N3O4/c1-3-13-6-7-14-12(16)10-8-9(15(17)18)4-5-11(10)19-2/h4-5,8,13H,3,6-7H2,1-2H3,(H,14,16). The van der Waals surface area contributed by atoms with Gasteiger partial charge >= 0.3 is 0 Å². The molecule has 0 aliphatic rings. The molecule has 0 aliphatic heterocycles. The molecule has 7 heteroatoms. The van der Waals surface area contributed by atoms with Gasteiger partial charge in [0.2, 0.25) is 0 Å². The third-order valence-electron chi connectivity index (χ3n) is 2.48. The predicted octanol–water partition coefficient (Wildman–Crippen LogP) is 0.943. The van der Waals surface area contributed by atoms with Crippen molar-refractivity contribution in [2.24, 2.45) is 0 Å². The third kappa shape index (κ3) is 4.22. The first-order chi connectivity index (χ1) is 9.10. The van der Waals surface area contributed by atoms with Gasteiger partial charge in [0.1, 0.15) is 5.75 Å². The number of hydrogen-bond donors (Lipinski definition) is 2. The van der Waals surface area contributed by atoms with Crippen LogP contribution in [0.3, 0.4) is 0 Å². The van der Waals surface area contributed by atoms with Gasteiger partial charge in [-0.15, -0.1) is 0 Å². The summed E-state index contributed by atoms with van der Waals surface area (Å²) >= 11 is 0. The summed E-state index contributed by atoms with van der Waals surface area (Å²) in [4.78, 5) is 22.1. The summed E-state index contributed by atoms with van der Waals surface area (Å²) in [6, 6.07) is 3.92. The van der Waals surface area contributed by atoms with E-state index in [0.717, 1.165) is 6.54 Å². The first kappa shape index (κ1) is 14.9. The van der Waals surface area contributed by atoms with Crippen molar-refractivity contribution in [1.29, 1.82) is 0 Å². The maximum absolute atomic E-state index is 11.9. The first-order valence-corrected chi connectivity index (χ1v) is 5.91. The summed E-state index contributed by atoms with van der Waals surface area (Å²) in [5.41, 5.74) is 0.0193. The third-order valence-corrected chi connectivity index (χ3v) is 2.48. The fourth-order valence-corrected chi connectivity index (χ4v) is 1.52. The van der Waals surface area contributed by atoms with Crippen molar-refractivity contribution < 1.29 is 14.5 Å². The van der Waals surface area contributed by atoms with Crippen LogP contribution in [-0.2, 0) is 0 Å². The minimum Gasteiger partial charge on any atom is -0.496 e. The van der Waals surface area contributed by atoms with E-state index in [1.165, 1.54) is 25.3 Å². The van der Waals surface area contributed by atoms with Gasteiger partial charge < -0.3 is 15.4 Å². The largest absolute Gasteiger partial charge is 0.496 e. The molecule has 1 aromatic carbocycles. The summed E-state index contributed by atoms with van der Waals surface area (Å²) < 4.78 is 5.03. The second kappa shape index (κ2) is 7.32. The molecule has 0 aliphatic carbocycles. The molecule has 0 aromatic heterocycles. The number of carbonyl (C=O) groups excluding carboxylic acids is 1. The Hall–Kier alpha value is -2.15. The Morgan fingerprint density at radius 3 is 2.74 bits per heavy atom. The van der Waals surface area contributed by atoms with Gasteiger partial charge in [-0.1, -0.05) is 6.92 Å². The Bertz CT molecular complexity index is 462. The maximum Gasteiger partial charge on any atom is 0.270 e. The van der Waals surface area contributed by atoms with Gasteiger partial charge in [-0.05, 0) is 12.6 Å². The molecule has 1 rings (SSSR count). The molecular formula is C12H17N3O4. The molecule has 0 fully saturated rings. The topological polar surface area (TPSA) is 93.5 Å². The monoisotopic (exact) mass is 267 g/mol. The highest BCUT2D eigenvalue weighted by molar-refractivity contribution is 5.97. The van der Waals surface area contributed by atoms with Crippen molar-refractivity contribution in [3.05, 3.63) is 33.9 Å². The molecule has 0 atom stereocenters. The van der Waals surface area contributed by atoms with E-state index in [1.54, 1.807) is 0 Å². The number of nitrogens with one attached hydrogen (secondary N) is 2. The fraction of sp³-hybridized carbons (Fsp3) is 0.417. The molecule has 19 heavy (non-hydrogen) atoms. The molecule has 0 bridgehead atoms. The lowest BCUT2D eigenvalue weighted by Crippen LogP contribution is -2.31. The SMILES string of the molecule is CCNCCNC(=O)c1cc([N+](=O)[O-])ccc1OC. The zero-order valence-corrected chi connectivity index (χ0v) is 10.9. The van der Waals surface area contributed by atoms with Crippen molar-refractivity contribution >= 4 is 11.6 Å². The number of benzene rings is 1. The molecule has 0 unspecified atom stereocenters. The number of carbonyl (C=O) groups is 1. The lowest BCUT2D eigenvalue weighted by atomic mass is 10.1. The Balaban J connectivity index is 2.81. The van der Waals surface area contributed by atoms with Crippen molar-refractivity contribution in [1.82, 2.24) is 10.6 Å². The van der Waals surface area contributed by atoms with Crippen LogP contribution in [-0.4, -0.2) is 37.6 Å². The summed E-state index contributed by atoms with van der Waals surface area (Å²) in [6.45, 7) is 3.86. The van der Waals surface area contributed by atoms with E-state index in [0.29, 0.717) is 18.8 Å². The van der Waals surface area contributed by atoms with Crippen LogP contribution in [0, 0.1) is 10.1 Å². The van der Waals surface area contributed by atoms with Gasteiger partial charge in [0.05, 0.1) is 17.6 Å². The van der Waals surface area contributed by atoms with E-state index in [-0.39, 0.29) is 11.3 Å². The molecule has 0 spiro atoms. The van der Waals surface area contributed by atoms with Crippen molar-refractivity contribution in [2.75, 3.05) is 26.7 Å². The molecule has 0 heterocycles. The molecule has 104 valence electrons. The molecule has 0 saturated heterocycles. The van der Waals surface area contributed by atoms with Crippen LogP contribution in [0.1, 0.15) is 17.3 Å². The van der Waals surface area contributed by atoms with Crippen LogP contribution >= 0.6 is 0 Å². The van der Waals surface area contributed by atoms with Gasteiger partial charge in [0.25, 0.3) is 11.6 Å². The van der Waals surface area contributed by atoms with Crippen molar-refractivity contribution in [3.8, 4) is 5.75 Å². The van der Waals surface area contributed by atoms with E-state index in [2.05, 4.69) is 10.6 Å². The second-order valence-electron chi connectivity index (χ2n) is 3.75. The van der Waals surface area contributed by atoms with Crippen LogP contribution in [0.5, 0.6) is 5.75 Å². The van der Waals surface area contributed by atoms with Crippen LogP contribution in [0.4, 0.5) is 5.69 Å². The number of nitro groups is 1. The number of nitro benzene ring substituents is 1. The van der Waals surface area contributed by atoms with Crippen molar-refractivity contribution in [2.45, 2.75) is 6.92 Å². The molecular weight excluding hydrogens is 250 g/mol. The highest BCUT2D eigenvalue weighted by Gasteiger charge is 2.16. The summed E-state index contributed by atoms with van der Waals surface area (Å²) in [6.07, 6.45) is 0. The predicted molar refractivity (Wildman–Crippen MR) is 70.5 cm³/mol. The lowest BCUT2D eigenvalue weighted by molar-refractivity contribution is -0.384. The Labute approximate surface area is 111 Å². The lowest BCUT2D eigenvalue weighted by Gasteiger charge is -2.09. The first-order valence-electron chi connectivity index (χ1n) is 5.91. The second-order valence-corrected chi connectivity index (χ2v) is 3.75. The van der Waals surface area contributed by atoms with Gasteiger partial charge in [-0.25, -0.2) is 0 Å². The molecule has 0 radical (unpaired) electrons. The Kier molecular flexibility index (Phi) is 5.74. The average Bonchev–Trinajstić information content (AvgIpc) is 2.42. The van der Waals surface area contributed by atoms with E-state index in [4.69, 9.17) is 4.74 Å². The van der Waals surface area contributed by atoms with E-state index >= 15 is 0 Å². The van der Waals surface area contributed by atoms with Gasteiger partial charge in [-0.2, -0.15) is 0 Å². The Morgan fingerprint density at radius 2 is 2.16 bits per heavy atom. The number of methoxy groups -OCH3 is 1. The van der Waals surface area contributed by atoms with E-state index < -0.39 is 10.8 Å². The molecule has 2 N–H and O–H groups in total. The highest BCUT2D eigenvalue weighted by Crippen LogP contribution is 2.23. The highest BCUT2D eigenvalue weighted by atomic mass is 16.6. The number of nitrogens with zero attached hydrogens (tertiary/aromatic N) is 1. The van der Waals surface area contributed by atoms with Gasteiger partial charge in [0, 0.05) is 25.2 Å². The summed E-state index contributed by atoms with van der Waals surface area (Å²) in [5.74, 6) is -0.0787. The maximum atomic E-state index is 11.9. The summed E-state index contributed by atoms with van der Waals surface area (Å²) in [7, 11) is 1.41. The van der Waals surface area contributed by atoms with E-state index in [1.807, 2.05) is 6.92 Å². The molecule has 7 nitrogen and oxygen atoms in total. The number of likely N-dealkylation sites (N-methyl/N-ethyl adjacent to an activating group) is 1. The summed E-state index contributed by atoms with van der Waals surface area (Å²) in [5, 5.41) is 16.4. The number of non-ortho nitro benzene ring substituents is 1. The Morgan fingerprint density at radius 1 is 1.42 bits per heavy atom. The number of amides is 1. The van der Waals surface area contributed by atoms with Crippen molar-refractivity contribution in [3.63, 3.8) is 0 Å². The number of ether oxygens (including phenoxy) is 1. The van der Waals surface area contributed by atoms with Crippen LogP contribution in [0.2, 0.25) is 0 Å². The molecule has 0 saturated carbocycles. The normalized spacial score (nSPS) is 10.0. The van der Waals surface area contributed by atoms with Crippen LogP contribution in [0.15, 0.2) is 18.2 Å². The zero-order valence-electron chi connectivity index (χ0n) is 10.9. The fourth-order valence-electron chi connectivity index (χ4n) is 1.52. The van der Waals surface area contributed by atoms with Crippen LogP contribution < -0.4 is 15.4 Å². The zero-order chi connectivity index (χ0) is 14.3. The van der Waals surface area contributed by atoms with Crippen LogP contribution in [0.25, 0.3) is 0 Å². The minimum atomic E-state index is -0.547. The smallest absolute Gasteiger partial charge is 0.270 e. The van der Waals surface area contributed by atoms with E-state index in [9.17, 15) is 14.9 Å². The number of hydrogen-bond acceptors (Lipinski definition) is 5.